The third-order valence-corrected chi connectivity index (χ3v) is 4.36. The smallest absolute Gasteiger partial charge is 0.198 e. The fourth-order valence-electron chi connectivity index (χ4n) is 2.51. The van der Waals surface area contributed by atoms with Gasteiger partial charge in [-0.05, 0) is 6.92 Å². The number of Topliss-reactive ketones (excluding diaryl/α,β-unsaturated/α-hetero) is 1. The number of imidazole rings is 1. The van der Waals surface area contributed by atoms with Gasteiger partial charge in [-0.2, -0.15) is 5.10 Å². The summed E-state index contributed by atoms with van der Waals surface area (Å²) in [6, 6.07) is 9.80. The zero-order valence-electron chi connectivity index (χ0n) is 13.9. The van der Waals surface area contributed by atoms with Crippen molar-refractivity contribution in [2.45, 2.75) is 6.92 Å². The van der Waals surface area contributed by atoms with Crippen molar-refractivity contribution >= 4 is 27.8 Å². The van der Waals surface area contributed by atoms with Gasteiger partial charge in [0.2, 0.25) is 0 Å². The van der Waals surface area contributed by atoms with Gasteiger partial charge in [-0.25, -0.2) is 4.98 Å². The number of nitrogens with zero attached hydrogens (tertiary/aromatic N) is 4. The maximum Gasteiger partial charge on any atom is 0.198 e. The molecule has 0 aliphatic carbocycles. The number of ketones is 1. The molecule has 2 heterocycles. The first kappa shape index (κ1) is 16.4. The molecule has 2 aromatic heterocycles. The van der Waals surface area contributed by atoms with Crippen LogP contribution < -0.4 is 5.73 Å². The minimum atomic E-state index is -0.216. The van der Waals surface area contributed by atoms with Gasteiger partial charge in [-0.3, -0.25) is 9.20 Å². The number of carbonyl (C=O) groups excluding carboxylic acids is 1. The Bertz CT molecular complexity index is 908. The largest absolute Gasteiger partial charge is 0.324 e. The van der Waals surface area contributed by atoms with Crippen molar-refractivity contribution in [1.29, 1.82) is 0 Å². The van der Waals surface area contributed by atoms with Gasteiger partial charge in [0.1, 0.15) is 11.4 Å². The van der Waals surface area contributed by atoms with Crippen LogP contribution in [0.2, 0.25) is 0 Å². The van der Waals surface area contributed by atoms with Gasteiger partial charge in [0.15, 0.2) is 16.5 Å². The normalized spacial score (nSPS) is 11.9. The lowest BCUT2D eigenvalue weighted by atomic mass is 10.1. The number of hydrogen-bond acceptors (Lipinski definition) is 6. The molecule has 24 heavy (non-hydrogen) atoms. The number of benzene rings is 1. The van der Waals surface area contributed by atoms with Crippen LogP contribution in [0.3, 0.4) is 0 Å². The van der Waals surface area contributed by atoms with Gasteiger partial charge in [0, 0.05) is 30.7 Å². The van der Waals surface area contributed by atoms with E-state index in [0.717, 1.165) is 21.1 Å². The van der Waals surface area contributed by atoms with Crippen LogP contribution in [0.1, 0.15) is 10.6 Å². The molecule has 0 saturated carbocycles. The lowest BCUT2D eigenvalue weighted by Gasteiger charge is -2.11. The second kappa shape index (κ2) is 6.54. The van der Waals surface area contributed by atoms with Gasteiger partial charge >= 0.3 is 0 Å². The molecule has 0 fully saturated rings. The average Bonchev–Trinajstić information content (AvgIpc) is 3.08. The van der Waals surface area contributed by atoms with E-state index in [4.69, 9.17) is 10.7 Å². The summed E-state index contributed by atoms with van der Waals surface area (Å²) in [5, 5.41) is 6.01. The quantitative estimate of drug-likeness (QED) is 0.570. The summed E-state index contributed by atoms with van der Waals surface area (Å²) in [4.78, 5) is 19.1. The number of thiazole rings is 1. The third kappa shape index (κ3) is 2.95. The Hall–Kier alpha value is -2.51. The molecule has 3 rings (SSSR count). The van der Waals surface area contributed by atoms with Crippen LogP contribution in [0.15, 0.2) is 41.6 Å². The van der Waals surface area contributed by atoms with Crippen molar-refractivity contribution in [1.82, 2.24) is 14.4 Å². The average molecular weight is 341 g/mol. The van der Waals surface area contributed by atoms with Gasteiger partial charge in [-0.15, -0.1) is 11.3 Å². The topological polar surface area (TPSA) is 76.0 Å². The van der Waals surface area contributed by atoms with E-state index in [2.05, 4.69) is 5.10 Å². The minimum absolute atomic E-state index is 0.0999. The molecule has 3 aromatic rings. The molecular formula is C17H19N5OS. The molecular weight excluding hydrogens is 322 g/mol. The molecule has 0 unspecified atom stereocenters. The maximum atomic E-state index is 12.5. The molecule has 0 bridgehead atoms. The monoisotopic (exact) mass is 341 g/mol. The summed E-state index contributed by atoms with van der Waals surface area (Å²) >= 11 is 1.58. The van der Waals surface area contributed by atoms with Gasteiger partial charge in [0.05, 0.1) is 6.54 Å². The molecule has 7 heteroatoms. The van der Waals surface area contributed by atoms with E-state index in [1.54, 1.807) is 30.4 Å². The van der Waals surface area contributed by atoms with Crippen LogP contribution in [-0.2, 0) is 4.79 Å². The summed E-state index contributed by atoms with van der Waals surface area (Å²) in [5.74, 6) is -0.216. The van der Waals surface area contributed by atoms with E-state index in [9.17, 15) is 4.79 Å². The van der Waals surface area contributed by atoms with Crippen LogP contribution in [0.4, 0.5) is 0 Å². The summed E-state index contributed by atoms with van der Waals surface area (Å²) in [7, 11) is 3.56. The number of aromatic nitrogens is 2. The highest BCUT2D eigenvalue weighted by atomic mass is 32.1. The third-order valence-electron chi connectivity index (χ3n) is 3.46. The summed E-state index contributed by atoms with van der Waals surface area (Å²) < 4.78 is 1.93. The first-order chi connectivity index (χ1) is 11.5. The fourth-order valence-corrected chi connectivity index (χ4v) is 3.34. The molecule has 0 spiro atoms. The zero-order chi connectivity index (χ0) is 17.3. The Morgan fingerprint density at radius 2 is 2.04 bits per heavy atom. The first-order valence-electron chi connectivity index (χ1n) is 7.54. The zero-order valence-corrected chi connectivity index (χ0v) is 14.7. The number of hydrazone groups is 1. The van der Waals surface area contributed by atoms with E-state index in [1.807, 2.05) is 47.9 Å². The van der Waals surface area contributed by atoms with Crippen LogP contribution in [0.25, 0.3) is 16.2 Å². The number of rotatable bonds is 5. The Morgan fingerprint density at radius 1 is 1.33 bits per heavy atom. The summed E-state index contributed by atoms with van der Waals surface area (Å²) in [6.45, 7) is 1.91. The summed E-state index contributed by atoms with van der Waals surface area (Å²) in [5.41, 5.74) is 8.31. The summed E-state index contributed by atoms with van der Waals surface area (Å²) in [6.07, 6.45) is 1.98. The lowest BCUT2D eigenvalue weighted by molar-refractivity contribution is -0.111. The number of aryl methyl sites for hydroxylation is 1. The predicted octanol–water partition coefficient (Wildman–Crippen LogP) is 2.16. The number of carbonyl (C=O) groups is 1. The first-order valence-corrected chi connectivity index (χ1v) is 8.36. The van der Waals surface area contributed by atoms with E-state index in [0.29, 0.717) is 11.4 Å². The van der Waals surface area contributed by atoms with E-state index in [-0.39, 0.29) is 12.3 Å². The molecule has 0 atom stereocenters. The lowest BCUT2D eigenvalue weighted by Crippen LogP contribution is -2.28. The SMILES string of the molecule is Cc1cn2c(C(=NN(C)C)C(=O)CN)c(-c3ccccc3)nc2s1. The number of hydrogen-bond donors (Lipinski definition) is 1. The maximum absolute atomic E-state index is 12.5. The van der Waals surface area contributed by atoms with Crippen molar-refractivity contribution in [2.24, 2.45) is 10.8 Å². The van der Waals surface area contributed by atoms with Crippen LogP contribution in [0.5, 0.6) is 0 Å². The highest BCUT2D eigenvalue weighted by Gasteiger charge is 2.25. The van der Waals surface area contributed by atoms with Gasteiger partial charge in [0.25, 0.3) is 0 Å². The van der Waals surface area contributed by atoms with Crippen LogP contribution in [-0.4, -0.2) is 46.5 Å². The predicted molar refractivity (Wildman–Crippen MR) is 97.5 cm³/mol. The standard InChI is InChI=1S/C17H19N5OS/c1-11-10-22-16(15(13(23)9-18)20-21(2)3)14(19-17(22)24-11)12-7-5-4-6-8-12/h4-8,10H,9,18H2,1-3H3. The molecule has 0 aliphatic heterocycles. The second-order valence-corrected chi connectivity index (χ2v) is 6.81. The van der Waals surface area contributed by atoms with E-state index in [1.165, 1.54) is 0 Å². The Kier molecular flexibility index (Phi) is 4.46. The van der Waals surface area contributed by atoms with Crippen LogP contribution >= 0.6 is 11.3 Å². The van der Waals surface area contributed by atoms with Gasteiger partial charge in [-0.1, -0.05) is 30.3 Å². The molecule has 2 N–H and O–H groups in total. The van der Waals surface area contributed by atoms with E-state index >= 15 is 0 Å². The van der Waals surface area contributed by atoms with E-state index < -0.39 is 0 Å². The molecule has 0 radical (unpaired) electrons. The van der Waals surface area contributed by atoms with Crippen molar-refractivity contribution < 1.29 is 4.79 Å². The molecule has 0 aliphatic rings. The number of fused-ring (bicyclic) bond motifs is 1. The molecule has 0 saturated heterocycles. The Labute approximate surface area is 144 Å². The second-order valence-electron chi connectivity index (χ2n) is 5.59. The minimum Gasteiger partial charge on any atom is -0.324 e. The van der Waals surface area contributed by atoms with Gasteiger partial charge < -0.3 is 10.7 Å². The Morgan fingerprint density at radius 3 is 2.67 bits per heavy atom. The highest BCUT2D eigenvalue weighted by molar-refractivity contribution is 7.17. The van der Waals surface area contributed by atoms with Crippen molar-refractivity contribution in [3.63, 3.8) is 0 Å². The van der Waals surface area contributed by atoms with Crippen molar-refractivity contribution in [3.8, 4) is 11.3 Å². The molecule has 0 amide bonds. The van der Waals surface area contributed by atoms with Crippen molar-refractivity contribution in [3.05, 3.63) is 47.1 Å². The van der Waals surface area contributed by atoms with Crippen molar-refractivity contribution in [2.75, 3.05) is 20.6 Å². The molecule has 6 nitrogen and oxygen atoms in total. The fraction of sp³-hybridized carbons (Fsp3) is 0.235. The molecule has 1 aromatic carbocycles. The van der Waals surface area contributed by atoms with Crippen LogP contribution in [0, 0.1) is 6.92 Å². The highest BCUT2D eigenvalue weighted by Crippen LogP contribution is 2.29. The Balaban J connectivity index is 2.32. The number of nitrogens with two attached hydrogens (primary N) is 1. The molecule has 124 valence electrons.